The zero-order valence-corrected chi connectivity index (χ0v) is 17.6. The molecule has 1 atom stereocenters. The fraction of sp³-hybridized carbons (Fsp3) is 0.435. The van der Waals surface area contributed by atoms with Gasteiger partial charge in [-0.25, -0.2) is 13.9 Å². The number of likely N-dealkylation sites (tertiary alicyclic amines) is 1. The van der Waals surface area contributed by atoms with Crippen molar-refractivity contribution in [1.29, 1.82) is 0 Å². The average molecular weight is 423 g/mol. The Morgan fingerprint density at radius 3 is 2.90 bits per heavy atom. The molecule has 2 aliphatic rings. The van der Waals surface area contributed by atoms with E-state index in [4.69, 9.17) is 4.98 Å². The van der Waals surface area contributed by atoms with Crippen molar-refractivity contribution in [3.8, 4) is 0 Å². The molecule has 0 saturated carbocycles. The molecule has 3 aromatic rings. The van der Waals surface area contributed by atoms with Gasteiger partial charge in [0.1, 0.15) is 5.82 Å². The van der Waals surface area contributed by atoms with Crippen LogP contribution in [0.15, 0.2) is 35.1 Å². The van der Waals surface area contributed by atoms with Crippen molar-refractivity contribution in [2.75, 3.05) is 13.1 Å². The van der Waals surface area contributed by atoms with E-state index in [0.29, 0.717) is 42.8 Å². The number of fused-ring (bicyclic) bond motifs is 2. The summed E-state index contributed by atoms with van der Waals surface area (Å²) in [6, 6.07) is 8.90. The number of H-pyrrole nitrogens is 1. The van der Waals surface area contributed by atoms with E-state index in [1.165, 1.54) is 17.5 Å². The van der Waals surface area contributed by atoms with E-state index in [9.17, 15) is 14.0 Å². The molecule has 2 aromatic heterocycles. The maximum Gasteiger partial charge on any atom is 0.277 e. The minimum Gasteiger partial charge on any atom is -0.338 e. The Morgan fingerprint density at radius 1 is 1.26 bits per heavy atom. The third kappa shape index (κ3) is 3.65. The van der Waals surface area contributed by atoms with Crippen LogP contribution in [0.4, 0.5) is 4.39 Å². The van der Waals surface area contributed by atoms with Crippen molar-refractivity contribution in [3.05, 3.63) is 69.0 Å². The molecule has 1 amide bonds. The van der Waals surface area contributed by atoms with Crippen molar-refractivity contribution < 1.29 is 9.18 Å². The molecule has 1 aromatic carbocycles. The highest BCUT2D eigenvalue weighted by Gasteiger charge is 2.28. The van der Waals surface area contributed by atoms with Crippen molar-refractivity contribution in [2.45, 2.75) is 51.7 Å². The highest BCUT2D eigenvalue weighted by atomic mass is 19.1. The number of halogens is 1. The van der Waals surface area contributed by atoms with E-state index >= 15 is 0 Å². The van der Waals surface area contributed by atoms with Gasteiger partial charge >= 0.3 is 0 Å². The molecular weight excluding hydrogens is 397 g/mol. The molecule has 7 nitrogen and oxygen atoms in total. The van der Waals surface area contributed by atoms with E-state index in [-0.39, 0.29) is 23.3 Å². The van der Waals surface area contributed by atoms with Gasteiger partial charge in [-0.3, -0.25) is 19.6 Å². The zero-order valence-electron chi connectivity index (χ0n) is 17.6. The Morgan fingerprint density at radius 2 is 2.10 bits per heavy atom. The van der Waals surface area contributed by atoms with Gasteiger partial charge in [0.05, 0.1) is 29.5 Å². The summed E-state index contributed by atoms with van der Waals surface area (Å²) in [4.78, 5) is 33.6. The highest BCUT2D eigenvalue weighted by molar-refractivity contribution is 5.73. The van der Waals surface area contributed by atoms with Gasteiger partial charge in [0.25, 0.3) is 5.56 Å². The Balaban J connectivity index is 1.49. The number of piperidine rings is 1. The van der Waals surface area contributed by atoms with E-state index < -0.39 is 0 Å². The second-order valence-electron chi connectivity index (χ2n) is 8.51. The average Bonchev–Trinajstić information content (AvgIpc) is 3.20. The molecule has 31 heavy (non-hydrogen) atoms. The van der Waals surface area contributed by atoms with Crippen LogP contribution in [0.25, 0.3) is 5.65 Å². The maximum atomic E-state index is 14.2. The van der Waals surface area contributed by atoms with Gasteiger partial charge in [-0.2, -0.15) is 0 Å². The van der Waals surface area contributed by atoms with E-state index in [0.717, 1.165) is 37.2 Å². The van der Waals surface area contributed by atoms with Crippen molar-refractivity contribution in [2.24, 2.45) is 0 Å². The summed E-state index contributed by atoms with van der Waals surface area (Å²) in [6.45, 7) is 3.81. The van der Waals surface area contributed by atoms with Crippen LogP contribution < -0.4 is 5.56 Å². The number of carbonyl (C=O) groups excluding carboxylic acids is 1. The highest BCUT2D eigenvalue weighted by Crippen LogP contribution is 2.32. The number of aromatic nitrogens is 3. The molecule has 0 radical (unpaired) electrons. The number of amides is 1. The summed E-state index contributed by atoms with van der Waals surface area (Å²) >= 11 is 0. The molecule has 8 heteroatoms. The van der Waals surface area contributed by atoms with Crippen LogP contribution in [-0.4, -0.2) is 43.4 Å². The predicted molar refractivity (Wildman–Crippen MR) is 114 cm³/mol. The van der Waals surface area contributed by atoms with Gasteiger partial charge in [-0.1, -0.05) is 24.6 Å². The fourth-order valence-electron chi connectivity index (χ4n) is 4.82. The van der Waals surface area contributed by atoms with Crippen LogP contribution in [0.5, 0.6) is 0 Å². The second-order valence-corrected chi connectivity index (χ2v) is 8.51. The smallest absolute Gasteiger partial charge is 0.277 e. The second kappa shape index (κ2) is 7.92. The number of hydrogen-bond acceptors (Lipinski definition) is 4. The lowest BCUT2D eigenvalue weighted by molar-refractivity contribution is -0.129. The maximum absolute atomic E-state index is 14.2. The topological polar surface area (TPSA) is 73.7 Å². The van der Waals surface area contributed by atoms with E-state index in [1.54, 1.807) is 11.0 Å². The Labute approximate surface area is 179 Å². The van der Waals surface area contributed by atoms with Crippen LogP contribution in [0, 0.1) is 5.82 Å². The molecule has 5 rings (SSSR count). The van der Waals surface area contributed by atoms with Crippen LogP contribution in [0.3, 0.4) is 0 Å². The molecular formula is C23H26FN5O2. The molecule has 1 saturated heterocycles. The normalized spacial score (nSPS) is 19.5. The Bertz CT molecular complexity index is 1200. The Hall–Kier alpha value is -3.00. The number of hydrogen-bond donors (Lipinski definition) is 1. The quantitative estimate of drug-likeness (QED) is 0.703. The molecule has 4 heterocycles. The summed E-state index contributed by atoms with van der Waals surface area (Å²) in [5.74, 6) is -0.225. The lowest BCUT2D eigenvalue weighted by atomic mass is 9.98. The first-order valence-electron chi connectivity index (χ1n) is 10.9. The molecule has 1 N–H and O–H groups in total. The first-order chi connectivity index (χ1) is 15.0. The largest absolute Gasteiger partial charge is 0.338 e. The van der Waals surface area contributed by atoms with Crippen molar-refractivity contribution in [1.82, 2.24) is 24.4 Å². The summed E-state index contributed by atoms with van der Waals surface area (Å²) in [5, 5.41) is 3.26. The van der Waals surface area contributed by atoms with Crippen molar-refractivity contribution >= 4 is 11.6 Å². The zero-order chi connectivity index (χ0) is 21.5. The van der Waals surface area contributed by atoms with Gasteiger partial charge < -0.3 is 4.90 Å². The molecule has 0 aliphatic carbocycles. The minimum absolute atomic E-state index is 0.0340. The van der Waals surface area contributed by atoms with Gasteiger partial charge in [0, 0.05) is 38.1 Å². The first-order valence-corrected chi connectivity index (χ1v) is 10.9. The third-order valence-corrected chi connectivity index (χ3v) is 6.53. The minimum atomic E-state index is -0.191. The molecule has 162 valence electrons. The number of carbonyl (C=O) groups is 1. The van der Waals surface area contributed by atoms with Crippen LogP contribution in [0.1, 0.15) is 54.7 Å². The van der Waals surface area contributed by atoms with Crippen molar-refractivity contribution in [3.63, 3.8) is 0 Å². The number of nitrogens with zero attached hydrogens (tertiary/aromatic N) is 4. The van der Waals surface area contributed by atoms with E-state index in [1.807, 2.05) is 18.2 Å². The first kappa shape index (κ1) is 19.9. The molecule has 1 fully saturated rings. The molecule has 0 unspecified atom stereocenters. The van der Waals surface area contributed by atoms with E-state index in [2.05, 4.69) is 10.00 Å². The predicted octanol–water partition coefficient (Wildman–Crippen LogP) is 2.79. The molecule has 2 aliphatic heterocycles. The fourth-order valence-corrected chi connectivity index (χ4v) is 4.82. The SMILES string of the molecule is CC(=O)N1CCc2nc3cc([C@@H]4CCCCN4Cc4ccccc4F)[nH]n3c(=O)c2C1. The lowest BCUT2D eigenvalue weighted by Crippen LogP contribution is -2.39. The Kier molecular flexibility index (Phi) is 5.09. The van der Waals surface area contributed by atoms with Crippen LogP contribution in [-0.2, 0) is 24.3 Å². The monoisotopic (exact) mass is 423 g/mol. The standard InChI is InChI=1S/C23H26FN5O2/c1-15(30)27-11-9-19-17(14-27)23(31)29-22(25-19)12-20(26-29)21-8-4-5-10-28(21)13-16-6-2-3-7-18(16)24/h2-3,6-7,12,21,26H,4-5,8-11,13-14H2,1H3/t21-/m0/s1. The number of aromatic amines is 1. The molecule has 0 spiro atoms. The van der Waals surface area contributed by atoms with Crippen LogP contribution >= 0.6 is 0 Å². The number of nitrogens with one attached hydrogen (secondary N) is 1. The summed E-state index contributed by atoms with van der Waals surface area (Å²) < 4.78 is 15.7. The summed E-state index contributed by atoms with van der Waals surface area (Å²) in [6.07, 6.45) is 3.68. The van der Waals surface area contributed by atoms with Gasteiger partial charge in [0.2, 0.25) is 5.91 Å². The summed E-state index contributed by atoms with van der Waals surface area (Å²) in [7, 11) is 0. The number of rotatable bonds is 3. The lowest BCUT2D eigenvalue weighted by Gasteiger charge is -2.35. The van der Waals surface area contributed by atoms with Crippen LogP contribution in [0.2, 0.25) is 0 Å². The van der Waals surface area contributed by atoms with Gasteiger partial charge in [-0.15, -0.1) is 0 Å². The summed E-state index contributed by atoms with van der Waals surface area (Å²) in [5.41, 5.74) is 3.42. The van der Waals surface area contributed by atoms with Gasteiger partial charge in [-0.05, 0) is 25.5 Å². The number of benzene rings is 1. The molecule has 0 bridgehead atoms. The van der Waals surface area contributed by atoms with Gasteiger partial charge in [0.15, 0.2) is 5.65 Å². The third-order valence-electron chi connectivity index (χ3n) is 6.53.